The summed E-state index contributed by atoms with van der Waals surface area (Å²) in [5.41, 5.74) is 1.02. The van der Waals surface area contributed by atoms with Crippen molar-refractivity contribution in [3.8, 4) is 0 Å². The Kier molecular flexibility index (Phi) is 3.64. The van der Waals surface area contributed by atoms with Crippen LogP contribution in [0.15, 0.2) is 37.3 Å². The molecule has 2 amide bonds. The Bertz CT molecular complexity index is 754. The minimum atomic E-state index is -0.181. The highest BCUT2D eigenvalue weighted by Gasteiger charge is 2.44. The first kappa shape index (κ1) is 14.7. The summed E-state index contributed by atoms with van der Waals surface area (Å²) in [5, 5.41) is 0. The maximum atomic E-state index is 12.8. The zero-order valence-electron chi connectivity index (χ0n) is 12.9. The van der Waals surface area contributed by atoms with Crippen LogP contribution in [0.1, 0.15) is 16.9 Å². The molecule has 2 saturated heterocycles. The van der Waals surface area contributed by atoms with E-state index < -0.39 is 0 Å². The standard InChI is InChI=1S/C16H16N6O2/c23-15-13-9-21(16(24)14-7-17-2-3-20-14)8-11(13)1-4-22(15)12-5-18-10-19-6-12/h2-3,5-7,10-11,13H,1,4,8-9H2/t11-,13-/m0/s1. The van der Waals surface area contributed by atoms with Crippen LogP contribution in [0.3, 0.4) is 0 Å². The molecule has 2 fully saturated rings. The number of hydrogen-bond acceptors (Lipinski definition) is 6. The molecule has 0 N–H and O–H groups in total. The lowest BCUT2D eigenvalue weighted by atomic mass is 9.88. The molecule has 2 aliphatic rings. The smallest absolute Gasteiger partial charge is 0.274 e. The number of anilines is 1. The molecule has 0 aliphatic carbocycles. The van der Waals surface area contributed by atoms with Crippen LogP contribution in [0.2, 0.25) is 0 Å². The minimum Gasteiger partial charge on any atom is -0.336 e. The second kappa shape index (κ2) is 5.95. The van der Waals surface area contributed by atoms with E-state index in [9.17, 15) is 9.59 Å². The number of nitrogens with zero attached hydrogens (tertiary/aromatic N) is 6. The van der Waals surface area contributed by atoms with Gasteiger partial charge < -0.3 is 9.80 Å². The molecule has 122 valence electrons. The lowest BCUT2D eigenvalue weighted by molar-refractivity contribution is -0.124. The third-order valence-electron chi connectivity index (χ3n) is 4.68. The van der Waals surface area contributed by atoms with Gasteiger partial charge in [-0.15, -0.1) is 0 Å². The number of fused-ring (bicyclic) bond motifs is 1. The summed E-state index contributed by atoms with van der Waals surface area (Å²) in [7, 11) is 0. The van der Waals surface area contributed by atoms with Gasteiger partial charge in [0.2, 0.25) is 5.91 Å². The number of aromatic nitrogens is 4. The van der Waals surface area contributed by atoms with Gasteiger partial charge >= 0.3 is 0 Å². The van der Waals surface area contributed by atoms with Gasteiger partial charge in [0, 0.05) is 32.0 Å². The molecule has 0 bridgehead atoms. The third-order valence-corrected chi connectivity index (χ3v) is 4.68. The number of piperidine rings is 1. The van der Waals surface area contributed by atoms with Crippen molar-refractivity contribution in [3.05, 3.63) is 43.0 Å². The molecule has 2 aromatic heterocycles. The maximum Gasteiger partial charge on any atom is 0.274 e. The van der Waals surface area contributed by atoms with Crippen LogP contribution in [0.25, 0.3) is 0 Å². The summed E-state index contributed by atoms with van der Waals surface area (Å²) in [6, 6.07) is 0. The molecular weight excluding hydrogens is 308 g/mol. The Labute approximate surface area is 138 Å². The Morgan fingerprint density at radius 1 is 1.08 bits per heavy atom. The van der Waals surface area contributed by atoms with Gasteiger partial charge in [-0.2, -0.15) is 0 Å². The molecule has 0 unspecified atom stereocenters. The number of carbonyl (C=O) groups is 2. The molecule has 2 atom stereocenters. The van der Waals surface area contributed by atoms with Crippen LogP contribution >= 0.6 is 0 Å². The highest BCUT2D eigenvalue weighted by Crippen LogP contribution is 2.34. The van der Waals surface area contributed by atoms with Gasteiger partial charge in [0.05, 0.1) is 30.2 Å². The predicted octanol–water partition coefficient (Wildman–Crippen LogP) is 0.392. The first-order valence-corrected chi connectivity index (χ1v) is 7.85. The molecule has 4 heterocycles. The Morgan fingerprint density at radius 3 is 2.67 bits per heavy atom. The lowest BCUT2D eigenvalue weighted by Gasteiger charge is -2.33. The Balaban J connectivity index is 1.51. The predicted molar refractivity (Wildman–Crippen MR) is 83.9 cm³/mol. The highest BCUT2D eigenvalue weighted by atomic mass is 16.2. The summed E-state index contributed by atoms with van der Waals surface area (Å²) in [6.45, 7) is 1.63. The first-order valence-electron chi connectivity index (χ1n) is 7.85. The van der Waals surface area contributed by atoms with E-state index in [2.05, 4.69) is 19.9 Å². The number of hydrogen-bond donors (Lipinski definition) is 0. The summed E-state index contributed by atoms with van der Waals surface area (Å²) >= 11 is 0. The van der Waals surface area contributed by atoms with Gasteiger partial charge in [0.25, 0.3) is 5.91 Å². The fourth-order valence-corrected chi connectivity index (χ4v) is 3.47. The van der Waals surface area contributed by atoms with Crippen molar-refractivity contribution in [2.75, 3.05) is 24.5 Å². The quantitative estimate of drug-likeness (QED) is 0.793. The zero-order chi connectivity index (χ0) is 16.5. The number of carbonyl (C=O) groups excluding carboxylic acids is 2. The fourth-order valence-electron chi connectivity index (χ4n) is 3.47. The van der Waals surface area contributed by atoms with Gasteiger partial charge in [-0.3, -0.25) is 14.6 Å². The molecule has 2 aromatic rings. The molecule has 0 radical (unpaired) electrons. The molecule has 0 saturated carbocycles. The van der Waals surface area contributed by atoms with E-state index in [-0.39, 0.29) is 23.7 Å². The number of rotatable bonds is 2. The van der Waals surface area contributed by atoms with E-state index in [1.807, 2.05) is 0 Å². The van der Waals surface area contributed by atoms with Crippen molar-refractivity contribution < 1.29 is 9.59 Å². The molecule has 4 rings (SSSR count). The van der Waals surface area contributed by atoms with Crippen LogP contribution in [-0.4, -0.2) is 56.3 Å². The molecule has 8 nitrogen and oxygen atoms in total. The summed E-state index contributed by atoms with van der Waals surface area (Å²) in [6.07, 6.45) is 10.1. The largest absolute Gasteiger partial charge is 0.336 e. The van der Waals surface area contributed by atoms with E-state index in [4.69, 9.17) is 0 Å². The average Bonchev–Trinajstić information content (AvgIpc) is 3.08. The fraction of sp³-hybridized carbons (Fsp3) is 0.375. The second-order valence-corrected chi connectivity index (χ2v) is 6.04. The molecule has 0 aromatic carbocycles. The first-order chi connectivity index (χ1) is 11.7. The molecular formula is C16H16N6O2. The monoisotopic (exact) mass is 324 g/mol. The summed E-state index contributed by atoms with van der Waals surface area (Å²) in [5.74, 6) is -0.117. The Morgan fingerprint density at radius 2 is 1.92 bits per heavy atom. The van der Waals surface area contributed by atoms with E-state index in [1.54, 1.807) is 22.2 Å². The number of likely N-dealkylation sites (tertiary alicyclic amines) is 1. The normalized spacial score (nSPS) is 23.2. The molecule has 8 heteroatoms. The van der Waals surface area contributed by atoms with Gasteiger partial charge in [-0.25, -0.2) is 15.0 Å². The summed E-state index contributed by atoms with van der Waals surface area (Å²) in [4.78, 5) is 44.7. The lowest BCUT2D eigenvalue weighted by Crippen LogP contribution is -2.45. The SMILES string of the molecule is O=C(c1cnccn1)N1C[C@@H]2CCN(c3cncnc3)C(=O)[C@H]2C1. The van der Waals surface area contributed by atoms with Gasteiger partial charge in [0.15, 0.2) is 0 Å². The van der Waals surface area contributed by atoms with Gasteiger partial charge in [0.1, 0.15) is 12.0 Å². The molecule has 0 spiro atoms. The van der Waals surface area contributed by atoms with E-state index >= 15 is 0 Å². The van der Waals surface area contributed by atoms with Crippen molar-refractivity contribution in [2.24, 2.45) is 11.8 Å². The summed E-state index contributed by atoms with van der Waals surface area (Å²) < 4.78 is 0. The average molecular weight is 324 g/mol. The van der Waals surface area contributed by atoms with Crippen molar-refractivity contribution in [3.63, 3.8) is 0 Å². The van der Waals surface area contributed by atoms with Crippen molar-refractivity contribution in [2.45, 2.75) is 6.42 Å². The second-order valence-electron chi connectivity index (χ2n) is 6.04. The zero-order valence-corrected chi connectivity index (χ0v) is 12.9. The van der Waals surface area contributed by atoms with Gasteiger partial charge in [-0.1, -0.05) is 0 Å². The van der Waals surface area contributed by atoms with Crippen LogP contribution in [0, 0.1) is 11.8 Å². The van der Waals surface area contributed by atoms with Crippen LogP contribution < -0.4 is 4.90 Å². The van der Waals surface area contributed by atoms with Crippen LogP contribution in [0.5, 0.6) is 0 Å². The third kappa shape index (κ3) is 2.49. The van der Waals surface area contributed by atoms with Crippen LogP contribution in [-0.2, 0) is 4.79 Å². The minimum absolute atomic E-state index is 0.0375. The van der Waals surface area contributed by atoms with Crippen molar-refractivity contribution >= 4 is 17.5 Å². The van der Waals surface area contributed by atoms with E-state index in [1.165, 1.54) is 24.9 Å². The van der Waals surface area contributed by atoms with Gasteiger partial charge in [-0.05, 0) is 12.3 Å². The maximum absolute atomic E-state index is 12.8. The van der Waals surface area contributed by atoms with Crippen molar-refractivity contribution in [1.29, 1.82) is 0 Å². The van der Waals surface area contributed by atoms with Crippen LogP contribution in [0.4, 0.5) is 5.69 Å². The molecule has 24 heavy (non-hydrogen) atoms. The number of amides is 2. The molecule has 2 aliphatic heterocycles. The topological polar surface area (TPSA) is 92.2 Å². The van der Waals surface area contributed by atoms with E-state index in [0.717, 1.165) is 6.42 Å². The Hall–Kier alpha value is -2.90. The van der Waals surface area contributed by atoms with E-state index in [0.29, 0.717) is 31.0 Å². The highest BCUT2D eigenvalue weighted by molar-refractivity contribution is 5.98. The van der Waals surface area contributed by atoms with Crippen molar-refractivity contribution in [1.82, 2.24) is 24.8 Å².